The zero-order chi connectivity index (χ0) is 9.42. The van der Waals surface area contributed by atoms with Crippen LogP contribution >= 0.6 is 0 Å². The molecule has 0 saturated carbocycles. The molecule has 0 saturated heterocycles. The molecule has 6 heteroatoms. The van der Waals surface area contributed by atoms with Crippen LogP contribution in [-0.2, 0) is 7.05 Å². The van der Waals surface area contributed by atoms with E-state index >= 15 is 0 Å². The minimum atomic E-state index is 0.406. The molecule has 2 aromatic rings. The molecule has 0 amide bonds. The van der Waals surface area contributed by atoms with Crippen LogP contribution < -0.4 is 5.73 Å². The van der Waals surface area contributed by atoms with E-state index in [9.17, 15) is 0 Å². The molecule has 0 atom stereocenters. The zero-order valence-electron chi connectivity index (χ0n) is 7.47. The maximum absolute atomic E-state index is 5.45. The first-order valence-corrected chi connectivity index (χ1v) is 3.85. The van der Waals surface area contributed by atoms with Gasteiger partial charge in [0.05, 0.1) is 18.1 Å². The van der Waals surface area contributed by atoms with Crippen molar-refractivity contribution >= 4 is 5.82 Å². The number of rotatable bonds is 1. The molecule has 0 fully saturated rings. The Hall–Kier alpha value is -1.85. The third-order valence-corrected chi connectivity index (χ3v) is 1.71. The van der Waals surface area contributed by atoms with E-state index in [0.29, 0.717) is 5.82 Å². The smallest absolute Gasteiger partial charge is 0.166 e. The molecule has 0 bridgehead atoms. The Morgan fingerprint density at radius 3 is 2.62 bits per heavy atom. The Labute approximate surface area is 75.0 Å². The molecular formula is C7H10N6. The highest BCUT2D eigenvalue weighted by atomic mass is 15.5. The van der Waals surface area contributed by atoms with Crippen molar-refractivity contribution in [2.24, 2.45) is 7.05 Å². The van der Waals surface area contributed by atoms with Crippen LogP contribution in [0.4, 0.5) is 5.82 Å². The highest BCUT2D eigenvalue weighted by molar-refractivity contribution is 5.33. The normalized spacial score (nSPS) is 10.6. The molecule has 68 valence electrons. The summed E-state index contributed by atoms with van der Waals surface area (Å²) in [6, 6.07) is 0. The van der Waals surface area contributed by atoms with Crippen molar-refractivity contribution in [1.82, 2.24) is 24.8 Å². The molecule has 2 aromatic heterocycles. The van der Waals surface area contributed by atoms with E-state index in [1.807, 2.05) is 20.2 Å². The maximum atomic E-state index is 5.45. The van der Waals surface area contributed by atoms with Gasteiger partial charge in [-0.2, -0.15) is 10.2 Å². The first-order valence-electron chi connectivity index (χ1n) is 3.85. The maximum Gasteiger partial charge on any atom is 0.166 e. The predicted octanol–water partition coefficient (Wildman–Crippen LogP) is -0.109. The zero-order valence-corrected chi connectivity index (χ0v) is 7.47. The van der Waals surface area contributed by atoms with Gasteiger partial charge in [-0.3, -0.25) is 4.68 Å². The van der Waals surface area contributed by atoms with Gasteiger partial charge in [-0.15, -0.1) is 9.90 Å². The average Bonchev–Trinajstić information content (AvgIpc) is 2.58. The van der Waals surface area contributed by atoms with Gasteiger partial charge in [-0.25, -0.2) is 0 Å². The Bertz CT molecular complexity index is 426. The van der Waals surface area contributed by atoms with E-state index in [2.05, 4.69) is 15.3 Å². The number of nitrogen functional groups attached to an aromatic ring is 1. The number of hydrogen-bond acceptors (Lipinski definition) is 4. The fourth-order valence-corrected chi connectivity index (χ4v) is 1.17. The molecule has 0 unspecified atom stereocenters. The fraction of sp³-hybridized carbons (Fsp3) is 0.286. The van der Waals surface area contributed by atoms with E-state index in [1.54, 1.807) is 4.68 Å². The summed E-state index contributed by atoms with van der Waals surface area (Å²) in [6.07, 6.45) is 3.35. The lowest BCUT2D eigenvalue weighted by molar-refractivity contribution is 0.745. The van der Waals surface area contributed by atoms with Crippen molar-refractivity contribution in [3.63, 3.8) is 0 Å². The van der Waals surface area contributed by atoms with Crippen LogP contribution in [0.25, 0.3) is 5.69 Å². The Kier molecular flexibility index (Phi) is 1.54. The highest BCUT2D eigenvalue weighted by Crippen LogP contribution is 2.09. The number of nitrogens with two attached hydrogens (primary N) is 1. The molecule has 2 heterocycles. The van der Waals surface area contributed by atoms with Crippen LogP contribution in [0.5, 0.6) is 0 Å². The third-order valence-electron chi connectivity index (χ3n) is 1.71. The van der Waals surface area contributed by atoms with Crippen molar-refractivity contribution in [3.05, 3.63) is 18.1 Å². The number of anilines is 1. The second-order valence-electron chi connectivity index (χ2n) is 2.83. The van der Waals surface area contributed by atoms with Gasteiger partial charge in [0, 0.05) is 7.05 Å². The van der Waals surface area contributed by atoms with Gasteiger partial charge in [0.25, 0.3) is 0 Å². The van der Waals surface area contributed by atoms with Crippen LogP contribution in [0.15, 0.2) is 12.4 Å². The largest absolute Gasteiger partial charge is 0.381 e. The quantitative estimate of drug-likeness (QED) is 0.661. The summed E-state index contributed by atoms with van der Waals surface area (Å²) in [4.78, 5) is 1.47. The topological polar surface area (TPSA) is 74.5 Å². The minimum absolute atomic E-state index is 0.406. The minimum Gasteiger partial charge on any atom is -0.381 e. The summed E-state index contributed by atoms with van der Waals surface area (Å²) >= 11 is 0. The Morgan fingerprint density at radius 1 is 1.38 bits per heavy atom. The fourth-order valence-electron chi connectivity index (χ4n) is 1.17. The summed E-state index contributed by atoms with van der Waals surface area (Å²) in [5.74, 6) is 0.406. The van der Waals surface area contributed by atoms with Crippen molar-refractivity contribution in [2.45, 2.75) is 6.92 Å². The second-order valence-corrected chi connectivity index (χ2v) is 2.83. The Balaban J connectivity index is 2.51. The van der Waals surface area contributed by atoms with Crippen molar-refractivity contribution in [1.29, 1.82) is 0 Å². The number of aryl methyl sites for hydroxylation is 2. The highest BCUT2D eigenvalue weighted by Gasteiger charge is 2.06. The van der Waals surface area contributed by atoms with Crippen LogP contribution in [0.1, 0.15) is 5.69 Å². The predicted molar refractivity (Wildman–Crippen MR) is 47.3 cm³/mol. The van der Waals surface area contributed by atoms with E-state index in [4.69, 9.17) is 5.73 Å². The molecule has 0 aliphatic rings. The lowest BCUT2D eigenvalue weighted by atomic mass is 10.4. The van der Waals surface area contributed by atoms with E-state index in [1.165, 1.54) is 11.0 Å². The molecule has 0 radical (unpaired) electrons. The molecule has 2 N–H and O–H groups in total. The summed E-state index contributed by atoms with van der Waals surface area (Å²) in [5, 5.41) is 12.1. The van der Waals surface area contributed by atoms with E-state index in [0.717, 1.165) is 11.4 Å². The lowest BCUT2D eigenvalue weighted by Crippen LogP contribution is -1.99. The molecule has 0 spiro atoms. The number of nitrogens with zero attached hydrogens (tertiary/aromatic N) is 5. The average molecular weight is 178 g/mol. The van der Waals surface area contributed by atoms with Crippen LogP contribution in [0.2, 0.25) is 0 Å². The SMILES string of the molecule is Cc1nn(C)cc1-n1ncc(N)n1. The molecule has 0 aliphatic carbocycles. The summed E-state index contributed by atoms with van der Waals surface area (Å²) in [6.45, 7) is 1.90. The van der Waals surface area contributed by atoms with E-state index < -0.39 is 0 Å². The first kappa shape index (κ1) is 7.78. The monoisotopic (exact) mass is 178 g/mol. The number of aromatic nitrogens is 5. The van der Waals surface area contributed by atoms with Crippen molar-refractivity contribution in [3.8, 4) is 5.69 Å². The van der Waals surface area contributed by atoms with Crippen LogP contribution in [-0.4, -0.2) is 24.8 Å². The van der Waals surface area contributed by atoms with Gasteiger partial charge in [0.1, 0.15) is 5.69 Å². The standard InChI is InChI=1S/C7H10N6/c1-5-6(4-12(2)10-5)13-9-3-7(8)11-13/h3-4H,1-2H3,(H2,8,11). The van der Waals surface area contributed by atoms with Gasteiger partial charge < -0.3 is 5.73 Å². The van der Waals surface area contributed by atoms with Gasteiger partial charge in [-0.1, -0.05) is 0 Å². The molecular weight excluding hydrogens is 168 g/mol. The number of hydrogen-bond donors (Lipinski definition) is 1. The van der Waals surface area contributed by atoms with Gasteiger partial charge >= 0.3 is 0 Å². The molecule has 0 aromatic carbocycles. The first-order chi connectivity index (χ1) is 6.16. The summed E-state index contributed by atoms with van der Waals surface area (Å²) < 4.78 is 1.71. The van der Waals surface area contributed by atoms with Crippen molar-refractivity contribution < 1.29 is 0 Å². The summed E-state index contributed by atoms with van der Waals surface area (Å²) in [5.41, 5.74) is 7.17. The van der Waals surface area contributed by atoms with Crippen LogP contribution in [0.3, 0.4) is 0 Å². The lowest BCUT2D eigenvalue weighted by Gasteiger charge is -1.93. The molecule has 6 nitrogen and oxygen atoms in total. The third kappa shape index (κ3) is 1.26. The van der Waals surface area contributed by atoms with Crippen LogP contribution in [0, 0.1) is 6.92 Å². The molecule has 13 heavy (non-hydrogen) atoms. The van der Waals surface area contributed by atoms with Crippen molar-refractivity contribution in [2.75, 3.05) is 5.73 Å². The second kappa shape index (κ2) is 2.58. The van der Waals surface area contributed by atoms with Gasteiger partial charge in [-0.05, 0) is 6.92 Å². The summed E-state index contributed by atoms with van der Waals surface area (Å²) in [7, 11) is 1.85. The molecule has 0 aliphatic heterocycles. The van der Waals surface area contributed by atoms with Gasteiger partial charge in [0.2, 0.25) is 0 Å². The Morgan fingerprint density at radius 2 is 2.15 bits per heavy atom. The molecule has 2 rings (SSSR count). The van der Waals surface area contributed by atoms with E-state index in [-0.39, 0.29) is 0 Å². The van der Waals surface area contributed by atoms with Gasteiger partial charge in [0.15, 0.2) is 5.82 Å².